The quantitative estimate of drug-likeness (QED) is 0.836. The molecule has 1 atom stereocenters. The molecule has 0 aliphatic heterocycles. The molecular weight excluding hydrogens is 265 g/mol. The number of nitrogens with zero attached hydrogens (tertiary/aromatic N) is 2. The van der Waals surface area contributed by atoms with Crippen molar-refractivity contribution in [3.8, 4) is 6.07 Å². The second-order valence-corrected chi connectivity index (χ2v) is 4.59. The molecule has 0 amide bonds. The second-order valence-electron chi connectivity index (χ2n) is 4.18. The van der Waals surface area contributed by atoms with Crippen molar-refractivity contribution < 1.29 is 4.39 Å². The number of rotatable bonds is 7. The van der Waals surface area contributed by atoms with Gasteiger partial charge in [-0.3, -0.25) is 5.32 Å². The van der Waals surface area contributed by atoms with Crippen molar-refractivity contribution >= 4 is 11.6 Å². The fraction of sp³-hybridized carbons (Fsp3) is 0.500. The van der Waals surface area contributed by atoms with E-state index in [9.17, 15) is 4.39 Å². The lowest BCUT2D eigenvalue weighted by Crippen LogP contribution is -2.33. The summed E-state index contributed by atoms with van der Waals surface area (Å²) in [7, 11) is 0. The first-order valence-electron chi connectivity index (χ1n) is 6.43. The summed E-state index contributed by atoms with van der Waals surface area (Å²) in [5.41, 5.74) is 0.228. The highest BCUT2D eigenvalue weighted by molar-refractivity contribution is 6.31. The lowest BCUT2D eigenvalue weighted by Gasteiger charge is -2.20. The molecule has 1 N–H and O–H groups in total. The van der Waals surface area contributed by atoms with Crippen molar-refractivity contribution in [3.63, 3.8) is 0 Å². The molecule has 1 rings (SSSR count). The highest BCUT2D eigenvalue weighted by Crippen LogP contribution is 2.25. The molecule has 0 aliphatic carbocycles. The van der Waals surface area contributed by atoms with Gasteiger partial charge >= 0.3 is 0 Å². The van der Waals surface area contributed by atoms with Crippen LogP contribution in [-0.2, 0) is 0 Å². The van der Waals surface area contributed by atoms with Gasteiger partial charge in [0.05, 0.1) is 6.07 Å². The van der Waals surface area contributed by atoms with Crippen LogP contribution in [0.3, 0.4) is 0 Å². The zero-order valence-electron chi connectivity index (χ0n) is 11.3. The highest BCUT2D eigenvalue weighted by Gasteiger charge is 2.18. The summed E-state index contributed by atoms with van der Waals surface area (Å²) < 4.78 is 13.7. The van der Waals surface area contributed by atoms with Crippen LogP contribution in [0.25, 0.3) is 0 Å². The first-order valence-corrected chi connectivity index (χ1v) is 6.81. The van der Waals surface area contributed by atoms with Gasteiger partial charge in [-0.1, -0.05) is 31.5 Å². The van der Waals surface area contributed by atoms with Crippen LogP contribution in [0.15, 0.2) is 18.2 Å². The van der Waals surface area contributed by atoms with Crippen LogP contribution >= 0.6 is 11.6 Å². The smallest absolute Gasteiger partial charge is 0.130 e. The Hall–Kier alpha value is -1.15. The van der Waals surface area contributed by atoms with Crippen LogP contribution in [0.1, 0.15) is 25.5 Å². The fourth-order valence-corrected chi connectivity index (χ4v) is 2.18. The molecule has 3 nitrogen and oxygen atoms in total. The molecule has 1 aromatic rings. The SMILES string of the molecule is CCN(CC)CCNC(C#N)c1c(F)cccc1Cl. The van der Waals surface area contributed by atoms with Gasteiger partial charge in [-0.2, -0.15) is 5.26 Å². The molecule has 0 heterocycles. The summed E-state index contributed by atoms with van der Waals surface area (Å²) >= 11 is 5.96. The van der Waals surface area contributed by atoms with Crippen LogP contribution in [-0.4, -0.2) is 31.1 Å². The molecule has 104 valence electrons. The van der Waals surface area contributed by atoms with E-state index >= 15 is 0 Å². The maximum atomic E-state index is 13.7. The third kappa shape index (κ3) is 4.46. The summed E-state index contributed by atoms with van der Waals surface area (Å²) in [5.74, 6) is -0.450. The topological polar surface area (TPSA) is 39.1 Å². The van der Waals surface area contributed by atoms with E-state index in [1.165, 1.54) is 12.1 Å². The van der Waals surface area contributed by atoms with Gasteiger partial charge in [0.15, 0.2) is 0 Å². The van der Waals surface area contributed by atoms with Gasteiger partial charge in [0, 0.05) is 23.7 Å². The number of hydrogen-bond donors (Lipinski definition) is 1. The van der Waals surface area contributed by atoms with E-state index < -0.39 is 11.9 Å². The summed E-state index contributed by atoms with van der Waals surface area (Å²) in [5, 5.41) is 12.5. The number of nitrogens with one attached hydrogen (secondary N) is 1. The number of benzene rings is 1. The van der Waals surface area contributed by atoms with Gasteiger partial charge in [-0.25, -0.2) is 4.39 Å². The van der Waals surface area contributed by atoms with Gasteiger partial charge in [0.25, 0.3) is 0 Å². The zero-order valence-corrected chi connectivity index (χ0v) is 12.0. The van der Waals surface area contributed by atoms with Gasteiger partial charge in [0.1, 0.15) is 11.9 Å². The van der Waals surface area contributed by atoms with E-state index in [1.54, 1.807) is 6.07 Å². The largest absolute Gasteiger partial charge is 0.303 e. The Balaban J connectivity index is 2.67. The minimum absolute atomic E-state index is 0.228. The van der Waals surface area contributed by atoms with Crippen molar-refractivity contribution in [3.05, 3.63) is 34.6 Å². The molecule has 5 heteroatoms. The summed E-state index contributed by atoms with van der Waals surface area (Å²) in [6.07, 6.45) is 0. The lowest BCUT2D eigenvalue weighted by molar-refractivity contribution is 0.300. The molecule has 0 aliphatic rings. The first-order chi connectivity index (χ1) is 9.13. The van der Waals surface area contributed by atoms with Crippen LogP contribution in [0.2, 0.25) is 5.02 Å². The number of nitriles is 1. The average molecular weight is 284 g/mol. The van der Waals surface area contributed by atoms with E-state index in [1.807, 2.05) is 0 Å². The Bertz CT molecular complexity index is 421. The molecule has 0 aromatic heterocycles. The maximum absolute atomic E-state index is 13.7. The van der Waals surface area contributed by atoms with Gasteiger partial charge in [0.2, 0.25) is 0 Å². The van der Waals surface area contributed by atoms with E-state index in [2.05, 4.69) is 30.1 Å². The Morgan fingerprint density at radius 1 is 1.42 bits per heavy atom. The average Bonchev–Trinajstić information content (AvgIpc) is 2.41. The van der Waals surface area contributed by atoms with Gasteiger partial charge < -0.3 is 4.90 Å². The van der Waals surface area contributed by atoms with Gasteiger partial charge in [-0.15, -0.1) is 0 Å². The van der Waals surface area contributed by atoms with Crippen molar-refractivity contribution in [2.75, 3.05) is 26.2 Å². The fourth-order valence-electron chi connectivity index (χ4n) is 1.91. The standard InChI is InChI=1S/C14H19ClFN3/c1-3-19(4-2)9-8-18-13(10-17)14-11(15)6-5-7-12(14)16/h5-7,13,18H,3-4,8-9H2,1-2H3. The molecule has 0 spiro atoms. The Labute approximate surface area is 119 Å². The maximum Gasteiger partial charge on any atom is 0.130 e. The molecular formula is C14H19ClFN3. The van der Waals surface area contributed by atoms with E-state index in [-0.39, 0.29) is 10.6 Å². The summed E-state index contributed by atoms with van der Waals surface area (Å²) in [6.45, 7) is 7.51. The molecule has 19 heavy (non-hydrogen) atoms. The minimum Gasteiger partial charge on any atom is -0.303 e. The first kappa shape index (κ1) is 15.9. The van der Waals surface area contributed by atoms with Crippen molar-refractivity contribution in [1.29, 1.82) is 5.26 Å². The second kappa shape index (κ2) is 8.11. The van der Waals surface area contributed by atoms with E-state index in [4.69, 9.17) is 16.9 Å². The molecule has 0 bridgehead atoms. The van der Waals surface area contributed by atoms with E-state index in [0.717, 1.165) is 19.6 Å². The molecule has 1 unspecified atom stereocenters. The Morgan fingerprint density at radius 3 is 2.63 bits per heavy atom. The molecule has 0 radical (unpaired) electrons. The van der Waals surface area contributed by atoms with Crippen molar-refractivity contribution in [2.24, 2.45) is 0 Å². The predicted molar refractivity (Wildman–Crippen MR) is 75.6 cm³/mol. The van der Waals surface area contributed by atoms with Crippen LogP contribution < -0.4 is 5.32 Å². The molecule has 0 saturated heterocycles. The monoisotopic (exact) mass is 283 g/mol. The van der Waals surface area contributed by atoms with Gasteiger partial charge in [-0.05, 0) is 25.2 Å². The lowest BCUT2D eigenvalue weighted by atomic mass is 10.1. The number of halogens is 2. The Morgan fingerprint density at radius 2 is 2.11 bits per heavy atom. The van der Waals surface area contributed by atoms with Crippen LogP contribution in [0, 0.1) is 17.1 Å². The third-order valence-electron chi connectivity index (χ3n) is 3.09. The zero-order chi connectivity index (χ0) is 14.3. The van der Waals surface area contributed by atoms with Crippen LogP contribution in [0.5, 0.6) is 0 Å². The van der Waals surface area contributed by atoms with Crippen molar-refractivity contribution in [2.45, 2.75) is 19.9 Å². The van der Waals surface area contributed by atoms with Crippen LogP contribution in [0.4, 0.5) is 4.39 Å². The summed E-state index contributed by atoms with van der Waals surface area (Å²) in [4.78, 5) is 2.23. The van der Waals surface area contributed by atoms with E-state index in [0.29, 0.717) is 6.54 Å². The number of likely N-dealkylation sites (N-methyl/N-ethyl adjacent to an activating group) is 1. The molecule has 1 aromatic carbocycles. The Kier molecular flexibility index (Phi) is 6.79. The number of hydrogen-bond acceptors (Lipinski definition) is 3. The normalized spacial score (nSPS) is 12.4. The minimum atomic E-state index is -0.718. The molecule has 0 saturated carbocycles. The summed E-state index contributed by atoms with van der Waals surface area (Å²) in [6, 6.07) is 5.78. The predicted octanol–water partition coefficient (Wildman–Crippen LogP) is 2.98. The third-order valence-corrected chi connectivity index (χ3v) is 3.42. The van der Waals surface area contributed by atoms with Crippen molar-refractivity contribution in [1.82, 2.24) is 10.2 Å². The molecule has 0 fully saturated rings. The highest BCUT2D eigenvalue weighted by atomic mass is 35.5.